The molecule has 2 heterocycles. The van der Waals surface area contributed by atoms with Gasteiger partial charge in [0.25, 0.3) is 5.56 Å². The Labute approximate surface area is 200 Å². The Morgan fingerprint density at radius 1 is 0.882 bits per heavy atom. The number of hydrogen-bond acceptors (Lipinski definition) is 4. The van der Waals surface area contributed by atoms with Gasteiger partial charge in [-0.1, -0.05) is 84.6 Å². The minimum absolute atomic E-state index is 0.147. The van der Waals surface area contributed by atoms with Gasteiger partial charge in [0, 0.05) is 16.7 Å². The Balaban J connectivity index is 1.56. The van der Waals surface area contributed by atoms with Gasteiger partial charge in [0.15, 0.2) is 5.16 Å². The quantitative estimate of drug-likeness (QED) is 0.240. The number of benzene rings is 4. The second-order valence-corrected chi connectivity index (χ2v) is 8.97. The molecule has 0 fully saturated rings. The molecule has 0 aliphatic rings. The molecule has 0 radical (unpaired) electrons. The maximum Gasteiger partial charge on any atom is 0.283 e. The van der Waals surface area contributed by atoms with E-state index in [1.807, 2.05) is 54.6 Å². The fourth-order valence-electron chi connectivity index (χ4n) is 4.43. The highest BCUT2D eigenvalue weighted by atomic mass is 32.2. The van der Waals surface area contributed by atoms with Crippen molar-refractivity contribution in [3.05, 3.63) is 107 Å². The standard InChI is InChI=1S/C28H21N3O2S/c1-33-24-16-7-6-15-23(24)31-27(32)26-25(21-13-4-5-14-22(21)29-26)30-28(31)34-17-19-11-8-10-18-9-2-3-12-20(18)19/h2-16,29H,17H2,1H3. The Hall–Kier alpha value is -4.03. The summed E-state index contributed by atoms with van der Waals surface area (Å²) < 4.78 is 7.25. The molecule has 166 valence electrons. The molecule has 0 aliphatic heterocycles. The van der Waals surface area contributed by atoms with Gasteiger partial charge >= 0.3 is 0 Å². The fraction of sp³-hybridized carbons (Fsp3) is 0.0714. The Morgan fingerprint density at radius 3 is 2.50 bits per heavy atom. The zero-order valence-corrected chi connectivity index (χ0v) is 19.3. The zero-order valence-electron chi connectivity index (χ0n) is 18.5. The molecule has 0 amide bonds. The summed E-state index contributed by atoms with van der Waals surface area (Å²) in [6, 6.07) is 30.1. The average molecular weight is 464 g/mol. The topological polar surface area (TPSA) is 59.9 Å². The highest BCUT2D eigenvalue weighted by Gasteiger charge is 2.19. The van der Waals surface area contributed by atoms with Crippen LogP contribution >= 0.6 is 11.8 Å². The van der Waals surface area contributed by atoms with Crippen LogP contribution in [0.25, 0.3) is 38.4 Å². The molecule has 6 aromatic rings. The van der Waals surface area contributed by atoms with Gasteiger partial charge in [-0.25, -0.2) is 9.55 Å². The van der Waals surface area contributed by atoms with E-state index in [1.165, 1.54) is 16.3 Å². The maximum atomic E-state index is 13.8. The number of thioether (sulfide) groups is 1. The fourth-order valence-corrected chi connectivity index (χ4v) is 5.43. The SMILES string of the molecule is COc1ccccc1-n1c(SCc2cccc3ccccc23)nc2c([nH]c3ccccc32)c1=O. The van der Waals surface area contributed by atoms with Crippen molar-refractivity contribution in [2.45, 2.75) is 10.9 Å². The van der Waals surface area contributed by atoms with Crippen molar-refractivity contribution in [1.82, 2.24) is 14.5 Å². The van der Waals surface area contributed by atoms with Gasteiger partial charge in [-0.2, -0.15) is 0 Å². The van der Waals surface area contributed by atoms with Crippen LogP contribution in [0.1, 0.15) is 5.56 Å². The predicted molar refractivity (Wildman–Crippen MR) is 139 cm³/mol. The largest absolute Gasteiger partial charge is 0.495 e. The summed E-state index contributed by atoms with van der Waals surface area (Å²) in [6.45, 7) is 0. The summed E-state index contributed by atoms with van der Waals surface area (Å²) in [7, 11) is 1.61. The van der Waals surface area contributed by atoms with Gasteiger partial charge < -0.3 is 9.72 Å². The summed E-state index contributed by atoms with van der Waals surface area (Å²) in [4.78, 5) is 22.1. The van der Waals surface area contributed by atoms with Crippen LogP contribution in [0, 0.1) is 0 Å². The molecule has 0 saturated carbocycles. The lowest BCUT2D eigenvalue weighted by molar-refractivity contribution is 0.411. The van der Waals surface area contributed by atoms with Crippen molar-refractivity contribution in [2.75, 3.05) is 7.11 Å². The van der Waals surface area contributed by atoms with Gasteiger partial charge in [-0.3, -0.25) is 4.79 Å². The molecule has 6 heteroatoms. The Bertz CT molecular complexity index is 1730. The summed E-state index contributed by atoms with van der Waals surface area (Å²) in [6.07, 6.45) is 0. The third-order valence-corrected chi connectivity index (χ3v) is 7.04. The van der Waals surface area contributed by atoms with Gasteiger partial charge in [0.05, 0.1) is 12.8 Å². The lowest BCUT2D eigenvalue weighted by atomic mass is 10.1. The van der Waals surface area contributed by atoms with Crippen molar-refractivity contribution in [2.24, 2.45) is 0 Å². The van der Waals surface area contributed by atoms with Crippen LogP contribution in [0.4, 0.5) is 0 Å². The minimum Gasteiger partial charge on any atom is -0.495 e. The summed E-state index contributed by atoms with van der Waals surface area (Å²) in [5, 5.41) is 3.97. The second kappa shape index (κ2) is 8.39. The third kappa shape index (κ3) is 3.35. The van der Waals surface area contributed by atoms with Crippen molar-refractivity contribution < 1.29 is 4.74 Å². The van der Waals surface area contributed by atoms with Crippen LogP contribution in [0.15, 0.2) is 101 Å². The monoisotopic (exact) mass is 463 g/mol. The number of aromatic nitrogens is 3. The molecular formula is C28H21N3O2S. The minimum atomic E-state index is -0.147. The van der Waals surface area contributed by atoms with E-state index in [4.69, 9.17) is 9.72 Å². The van der Waals surface area contributed by atoms with Crippen molar-refractivity contribution in [3.8, 4) is 11.4 Å². The van der Waals surface area contributed by atoms with Crippen LogP contribution < -0.4 is 10.3 Å². The number of para-hydroxylation sites is 3. The number of methoxy groups -OCH3 is 1. The number of H-pyrrole nitrogens is 1. The predicted octanol–water partition coefficient (Wildman–Crippen LogP) is 6.32. The molecule has 0 spiro atoms. The van der Waals surface area contributed by atoms with Gasteiger partial charge in [-0.05, 0) is 34.5 Å². The first-order chi connectivity index (χ1) is 16.7. The van der Waals surface area contributed by atoms with Crippen LogP contribution in [0.2, 0.25) is 0 Å². The van der Waals surface area contributed by atoms with Crippen molar-refractivity contribution in [1.29, 1.82) is 0 Å². The van der Waals surface area contributed by atoms with E-state index in [-0.39, 0.29) is 5.56 Å². The number of rotatable bonds is 5. The average Bonchev–Trinajstić information content (AvgIpc) is 3.26. The zero-order chi connectivity index (χ0) is 23.1. The number of aromatic amines is 1. The summed E-state index contributed by atoms with van der Waals surface area (Å²) in [5.74, 6) is 1.30. The summed E-state index contributed by atoms with van der Waals surface area (Å²) in [5.41, 5.74) is 3.79. The van der Waals surface area contributed by atoms with E-state index < -0.39 is 0 Å². The lowest BCUT2D eigenvalue weighted by Gasteiger charge is -2.15. The third-order valence-electron chi connectivity index (χ3n) is 6.06. The van der Waals surface area contributed by atoms with E-state index >= 15 is 0 Å². The molecule has 0 saturated heterocycles. The Morgan fingerprint density at radius 2 is 1.62 bits per heavy atom. The highest BCUT2D eigenvalue weighted by molar-refractivity contribution is 7.98. The van der Waals surface area contributed by atoms with Crippen LogP contribution in [0.5, 0.6) is 5.75 Å². The molecule has 1 N–H and O–H groups in total. The first-order valence-corrected chi connectivity index (χ1v) is 12.0. The molecule has 0 bridgehead atoms. The van der Waals surface area contributed by atoms with E-state index in [1.54, 1.807) is 23.4 Å². The first-order valence-electron chi connectivity index (χ1n) is 11.0. The van der Waals surface area contributed by atoms with Crippen LogP contribution in [-0.4, -0.2) is 21.6 Å². The molecule has 34 heavy (non-hydrogen) atoms. The molecule has 0 aliphatic carbocycles. The number of nitrogens with one attached hydrogen (secondary N) is 1. The molecule has 4 aromatic carbocycles. The summed E-state index contributed by atoms with van der Waals surface area (Å²) >= 11 is 1.55. The van der Waals surface area contributed by atoms with E-state index in [0.717, 1.165) is 10.9 Å². The van der Waals surface area contributed by atoms with E-state index in [2.05, 4.69) is 41.4 Å². The molecule has 5 nitrogen and oxygen atoms in total. The van der Waals surface area contributed by atoms with Gasteiger partial charge in [-0.15, -0.1) is 0 Å². The lowest BCUT2D eigenvalue weighted by Crippen LogP contribution is -2.22. The normalized spacial score (nSPS) is 11.4. The molecule has 6 rings (SSSR count). The second-order valence-electron chi connectivity index (χ2n) is 8.03. The molecule has 0 unspecified atom stereocenters. The Kier molecular flexibility index (Phi) is 5.08. The molecule has 0 atom stereocenters. The van der Waals surface area contributed by atoms with E-state index in [0.29, 0.717) is 33.4 Å². The van der Waals surface area contributed by atoms with Gasteiger partial charge in [0.2, 0.25) is 0 Å². The smallest absolute Gasteiger partial charge is 0.283 e. The maximum absolute atomic E-state index is 13.8. The molecule has 2 aromatic heterocycles. The molecular weight excluding hydrogens is 442 g/mol. The first kappa shape index (κ1) is 20.6. The van der Waals surface area contributed by atoms with Crippen molar-refractivity contribution >= 4 is 44.5 Å². The van der Waals surface area contributed by atoms with Crippen LogP contribution in [0.3, 0.4) is 0 Å². The number of ether oxygens (including phenoxy) is 1. The number of fused-ring (bicyclic) bond motifs is 4. The van der Waals surface area contributed by atoms with Crippen molar-refractivity contribution in [3.63, 3.8) is 0 Å². The highest BCUT2D eigenvalue weighted by Crippen LogP contribution is 2.32. The van der Waals surface area contributed by atoms with E-state index in [9.17, 15) is 4.79 Å². The van der Waals surface area contributed by atoms with Gasteiger partial charge in [0.1, 0.15) is 16.8 Å². The van der Waals surface area contributed by atoms with Crippen LogP contribution in [-0.2, 0) is 5.75 Å². The number of hydrogen-bond donors (Lipinski definition) is 1. The number of nitrogens with zero attached hydrogens (tertiary/aromatic N) is 2.